The monoisotopic (exact) mass is 588 g/mol. The van der Waals surface area contributed by atoms with Gasteiger partial charge in [-0.25, -0.2) is 4.98 Å². The standard InChI is InChI=1S/C27H30F6N4O4/c28-26(29,30)16-41-23-5-4-19(13-34-23)25(9-6-21(38)7-10-25)37-11-8-20(15-37)36-22(39)14-35-24(40)17-2-1-3-18(12-17)27(31,32)33/h1-5,12-13,20-21,38H,6-11,14-16H2,(H,35,40)(H,36,39)/t20-,21?,25?/m1/s1. The van der Waals surface area contributed by atoms with Crippen molar-refractivity contribution in [2.24, 2.45) is 0 Å². The van der Waals surface area contributed by atoms with E-state index in [1.807, 2.05) is 0 Å². The van der Waals surface area contributed by atoms with E-state index in [1.54, 1.807) is 6.07 Å². The quantitative estimate of drug-likeness (QED) is 0.406. The predicted molar refractivity (Wildman–Crippen MR) is 134 cm³/mol. The van der Waals surface area contributed by atoms with Gasteiger partial charge in [-0.3, -0.25) is 14.5 Å². The van der Waals surface area contributed by atoms with Gasteiger partial charge in [0.1, 0.15) is 0 Å². The van der Waals surface area contributed by atoms with Crippen LogP contribution in [0.2, 0.25) is 0 Å². The summed E-state index contributed by atoms with van der Waals surface area (Å²) in [6.45, 7) is -0.851. The Hall–Kier alpha value is -3.39. The highest BCUT2D eigenvalue weighted by atomic mass is 19.4. The summed E-state index contributed by atoms with van der Waals surface area (Å²) >= 11 is 0. The minimum absolute atomic E-state index is 0.157. The first-order valence-electron chi connectivity index (χ1n) is 13.1. The average molecular weight is 589 g/mol. The molecular weight excluding hydrogens is 558 g/mol. The van der Waals surface area contributed by atoms with Crippen molar-refractivity contribution in [1.29, 1.82) is 0 Å². The normalized spacial score (nSPS) is 23.7. The number of likely N-dealkylation sites (tertiary alicyclic amines) is 1. The second-order valence-corrected chi connectivity index (χ2v) is 10.3. The summed E-state index contributed by atoms with van der Waals surface area (Å²) in [4.78, 5) is 31.1. The highest BCUT2D eigenvalue weighted by Crippen LogP contribution is 2.44. The predicted octanol–water partition coefficient (Wildman–Crippen LogP) is 3.79. The molecule has 0 bridgehead atoms. The molecule has 1 saturated heterocycles. The lowest BCUT2D eigenvalue weighted by Crippen LogP contribution is -2.50. The second-order valence-electron chi connectivity index (χ2n) is 10.3. The molecule has 1 aromatic heterocycles. The summed E-state index contributed by atoms with van der Waals surface area (Å²) in [6, 6.07) is 6.68. The zero-order chi connectivity index (χ0) is 29.8. The molecular formula is C27H30F6N4O4. The zero-order valence-corrected chi connectivity index (χ0v) is 21.9. The van der Waals surface area contributed by atoms with E-state index in [0.717, 1.165) is 17.7 Å². The van der Waals surface area contributed by atoms with Crippen LogP contribution in [0.3, 0.4) is 0 Å². The maximum absolute atomic E-state index is 12.9. The molecule has 1 aromatic carbocycles. The Morgan fingerprint density at radius 3 is 2.44 bits per heavy atom. The van der Waals surface area contributed by atoms with Crippen molar-refractivity contribution in [2.45, 2.75) is 62.1 Å². The molecule has 2 aromatic rings. The van der Waals surface area contributed by atoms with Crippen molar-refractivity contribution in [2.75, 3.05) is 26.2 Å². The Kier molecular flexibility index (Phi) is 9.12. The molecule has 8 nitrogen and oxygen atoms in total. The van der Waals surface area contributed by atoms with E-state index in [1.165, 1.54) is 18.3 Å². The van der Waals surface area contributed by atoms with E-state index in [4.69, 9.17) is 4.74 Å². The molecule has 3 N–H and O–H groups in total. The lowest BCUT2D eigenvalue weighted by atomic mass is 9.75. The number of aliphatic hydroxyl groups is 1. The van der Waals surface area contributed by atoms with Gasteiger partial charge in [0.15, 0.2) is 6.61 Å². The number of nitrogens with zero attached hydrogens (tertiary/aromatic N) is 2. The first-order chi connectivity index (χ1) is 19.2. The van der Waals surface area contributed by atoms with Crippen LogP contribution in [0.4, 0.5) is 26.3 Å². The van der Waals surface area contributed by atoms with Gasteiger partial charge in [-0.15, -0.1) is 0 Å². The van der Waals surface area contributed by atoms with Crippen LogP contribution in [-0.2, 0) is 16.5 Å². The van der Waals surface area contributed by atoms with E-state index >= 15 is 0 Å². The van der Waals surface area contributed by atoms with Gasteiger partial charge in [0.2, 0.25) is 11.8 Å². The highest BCUT2D eigenvalue weighted by Gasteiger charge is 2.44. The van der Waals surface area contributed by atoms with Crippen LogP contribution in [0.25, 0.3) is 0 Å². The van der Waals surface area contributed by atoms with Crippen LogP contribution >= 0.6 is 0 Å². The molecule has 1 atom stereocenters. The van der Waals surface area contributed by atoms with Crippen LogP contribution < -0.4 is 15.4 Å². The molecule has 2 fully saturated rings. The van der Waals surface area contributed by atoms with Gasteiger partial charge in [-0.05, 0) is 55.9 Å². The van der Waals surface area contributed by atoms with Gasteiger partial charge in [0, 0.05) is 42.5 Å². The number of ether oxygens (including phenoxy) is 1. The Balaban J connectivity index is 1.35. The van der Waals surface area contributed by atoms with Crippen LogP contribution in [0, 0.1) is 0 Å². The van der Waals surface area contributed by atoms with Gasteiger partial charge in [0.25, 0.3) is 5.91 Å². The van der Waals surface area contributed by atoms with Crippen molar-refractivity contribution in [3.63, 3.8) is 0 Å². The third-order valence-electron chi connectivity index (χ3n) is 7.46. The number of aliphatic hydroxyl groups excluding tert-OH is 1. The summed E-state index contributed by atoms with van der Waals surface area (Å²) in [5, 5.41) is 15.3. The van der Waals surface area contributed by atoms with Crippen LogP contribution in [0.5, 0.6) is 5.88 Å². The maximum Gasteiger partial charge on any atom is 0.422 e. The fourth-order valence-electron chi connectivity index (χ4n) is 5.41. The molecule has 2 aliphatic rings. The van der Waals surface area contributed by atoms with Gasteiger partial charge < -0.3 is 20.5 Å². The van der Waals surface area contributed by atoms with Crippen molar-refractivity contribution in [3.8, 4) is 5.88 Å². The number of hydrogen-bond acceptors (Lipinski definition) is 6. The minimum Gasteiger partial charge on any atom is -0.468 e. The number of rotatable bonds is 8. The summed E-state index contributed by atoms with van der Waals surface area (Å²) in [7, 11) is 0. The van der Waals surface area contributed by atoms with E-state index in [2.05, 4.69) is 20.5 Å². The summed E-state index contributed by atoms with van der Waals surface area (Å²) < 4.78 is 81.0. The van der Waals surface area contributed by atoms with Gasteiger partial charge in [0.05, 0.1) is 18.2 Å². The molecule has 2 amide bonds. The number of pyridine rings is 1. The van der Waals surface area contributed by atoms with Gasteiger partial charge in [-0.2, -0.15) is 26.3 Å². The van der Waals surface area contributed by atoms with E-state index < -0.39 is 54.5 Å². The number of alkyl halides is 6. The van der Waals surface area contributed by atoms with Crippen LogP contribution in [-0.4, -0.2) is 71.4 Å². The van der Waals surface area contributed by atoms with Gasteiger partial charge in [-0.1, -0.05) is 12.1 Å². The Bertz CT molecular complexity index is 1210. The third-order valence-corrected chi connectivity index (χ3v) is 7.46. The fraction of sp³-hybridized carbons (Fsp3) is 0.519. The molecule has 1 saturated carbocycles. The Labute approximate surface area is 232 Å². The first kappa shape index (κ1) is 30.6. The van der Waals surface area contributed by atoms with E-state index in [-0.39, 0.29) is 17.5 Å². The molecule has 41 heavy (non-hydrogen) atoms. The minimum atomic E-state index is -4.60. The molecule has 0 unspecified atom stereocenters. The number of halogens is 6. The SMILES string of the molecule is O=C(CNC(=O)c1cccc(C(F)(F)F)c1)N[C@@H]1CCN(C2(c3ccc(OCC(F)(F)F)nc3)CCC(O)CC2)C1. The van der Waals surface area contributed by atoms with Gasteiger partial charge >= 0.3 is 12.4 Å². The number of nitrogens with one attached hydrogen (secondary N) is 2. The number of benzene rings is 1. The zero-order valence-electron chi connectivity index (χ0n) is 21.9. The average Bonchev–Trinajstić information content (AvgIpc) is 3.39. The molecule has 14 heteroatoms. The van der Waals surface area contributed by atoms with E-state index in [9.17, 15) is 41.0 Å². The number of hydrogen-bond donors (Lipinski definition) is 3. The maximum atomic E-state index is 12.9. The van der Waals surface area contributed by atoms with E-state index in [0.29, 0.717) is 51.3 Å². The lowest BCUT2D eigenvalue weighted by molar-refractivity contribution is -0.154. The summed E-state index contributed by atoms with van der Waals surface area (Å²) in [6.07, 6.45) is -5.31. The molecule has 2 heterocycles. The number of aromatic nitrogens is 1. The topological polar surface area (TPSA) is 104 Å². The molecule has 1 aliphatic carbocycles. The van der Waals surface area contributed by atoms with Crippen LogP contribution in [0.15, 0.2) is 42.6 Å². The Morgan fingerprint density at radius 1 is 1.07 bits per heavy atom. The molecule has 1 aliphatic heterocycles. The van der Waals surface area contributed by atoms with Crippen molar-refractivity contribution >= 4 is 11.8 Å². The fourth-order valence-corrected chi connectivity index (χ4v) is 5.41. The lowest BCUT2D eigenvalue weighted by Gasteiger charge is -2.46. The number of carbonyl (C=O) groups is 2. The van der Waals surface area contributed by atoms with Crippen molar-refractivity contribution in [1.82, 2.24) is 20.5 Å². The highest BCUT2D eigenvalue weighted by molar-refractivity contribution is 5.96. The molecule has 0 spiro atoms. The first-order valence-corrected chi connectivity index (χ1v) is 13.1. The molecule has 4 rings (SSSR count). The number of carbonyl (C=O) groups excluding carboxylic acids is 2. The second kappa shape index (κ2) is 12.2. The van der Waals surface area contributed by atoms with Crippen molar-refractivity contribution in [3.05, 3.63) is 59.3 Å². The number of amides is 2. The van der Waals surface area contributed by atoms with Crippen molar-refractivity contribution < 1.29 is 45.8 Å². The van der Waals surface area contributed by atoms with Crippen LogP contribution in [0.1, 0.15) is 53.6 Å². The molecule has 0 radical (unpaired) electrons. The molecule has 224 valence electrons. The third kappa shape index (κ3) is 7.88. The Morgan fingerprint density at radius 2 is 1.80 bits per heavy atom. The largest absolute Gasteiger partial charge is 0.468 e. The smallest absolute Gasteiger partial charge is 0.422 e. The summed E-state index contributed by atoms with van der Waals surface area (Å²) in [5.41, 5.74) is -0.969. The summed E-state index contributed by atoms with van der Waals surface area (Å²) in [5.74, 6) is -1.47.